The summed E-state index contributed by atoms with van der Waals surface area (Å²) in [7, 11) is 0. The van der Waals surface area contributed by atoms with Crippen molar-refractivity contribution >= 4 is 38.8 Å². The van der Waals surface area contributed by atoms with Gasteiger partial charge in [-0.15, -0.1) is 0 Å². The minimum absolute atomic E-state index is 0.116. The first-order chi connectivity index (χ1) is 15.1. The van der Waals surface area contributed by atoms with Crippen LogP contribution in [0, 0.1) is 0 Å². The maximum atomic E-state index is 12.3. The van der Waals surface area contributed by atoms with E-state index in [-0.39, 0.29) is 11.3 Å². The fourth-order valence-electron chi connectivity index (χ4n) is 3.20. The van der Waals surface area contributed by atoms with Gasteiger partial charge in [0, 0.05) is 10.0 Å². The molecule has 2 N–H and O–H groups in total. The van der Waals surface area contributed by atoms with E-state index in [9.17, 15) is 9.90 Å². The molecule has 0 bridgehead atoms. The number of carbonyl (C=O) groups is 1. The van der Waals surface area contributed by atoms with Gasteiger partial charge in [-0.2, -0.15) is 5.10 Å². The van der Waals surface area contributed by atoms with Gasteiger partial charge in [-0.05, 0) is 46.7 Å². The highest BCUT2D eigenvalue weighted by molar-refractivity contribution is 9.10. The SMILES string of the molecule is O=C(N/N=C/c1ccccc1OCc1cccc2ccccc12)c1cc(Br)ccc1O. The zero-order valence-electron chi connectivity index (χ0n) is 16.5. The molecule has 4 aromatic rings. The molecule has 0 saturated heterocycles. The Kier molecular flexibility index (Phi) is 6.29. The minimum Gasteiger partial charge on any atom is -0.507 e. The van der Waals surface area contributed by atoms with Crippen molar-refractivity contribution < 1.29 is 14.6 Å². The summed E-state index contributed by atoms with van der Waals surface area (Å²) in [5.41, 5.74) is 4.38. The molecule has 0 aliphatic heterocycles. The lowest BCUT2D eigenvalue weighted by Gasteiger charge is -2.11. The van der Waals surface area contributed by atoms with E-state index < -0.39 is 5.91 Å². The highest BCUT2D eigenvalue weighted by atomic mass is 79.9. The second-order valence-electron chi connectivity index (χ2n) is 6.83. The van der Waals surface area contributed by atoms with E-state index in [2.05, 4.69) is 44.7 Å². The number of benzene rings is 4. The van der Waals surface area contributed by atoms with Crippen LogP contribution in [-0.2, 0) is 6.61 Å². The molecule has 154 valence electrons. The summed E-state index contributed by atoms with van der Waals surface area (Å²) in [6.45, 7) is 0.407. The van der Waals surface area contributed by atoms with E-state index in [1.807, 2.05) is 48.5 Å². The van der Waals surface area contributed by atoms with Crippen LogP contribution in [0.15, 0.2) is 94.5 Å². The number of nitrogens with zero attached hydrogens (tertiary/aromatic N) is 1. The van der Waals surface area contributed by atoms with Crippen molar-refractivity contribution in [1.29, 1.82) is 0 Å². The monoisotopic (exact) mass is 474 g/mol. The number of ether oxygens (including phenoxy) is 1. The highest BCUT2D eigenvalue weighted by Gasteiger charge is 2.11. The third-order valence-corrected chi connectivity index (χ3v) is 5.25. The third-order valence-electron chi connectivity index (χ3n) is 4.76. The second-order valence-corrected chi connectivity index (χ2v) is 7.74. The third kappa shape index (κ3) is 4.92. The summed E-state index contributed by atoms with van der Waals surface area (Å²) in [6.07, 6.45) is 1.52. The molecule has 31 heavy (non-hydrogen) atoms. The van der Waals surface area contributed by atoms with Gasteiger partial charge in [0.25, 0.3) is 5.91 Å². The molecular weight excluding hydrogens is 456 g/mol. The number of hydrogen-bond acceptors (Lipinski definition) is 4. The molecule has 5 nitrogen and oxygen atoms in total. The van der Waals surface area contributed by atoms with Crippen molar-refractivity contribution in [1.82, 2.24) is 5.43 Å². The van der Waals surface area contributed by atoms with Crippen LogP contribution in [0.1, 0.15) is 21.5 Å². The average molecular weight is 475 g/mol. The summed E-state index contributed by atoms with van der Waals surface area (Å²) in [4.78, 5) is 12.3. The Morgan fingerprint density at radius 2 is 1.77 bits per heavy atom. The number of nitrogens with one attached hydrogen (secondary N) is 1. The van der Waals surface area contributed by atoms with Crippen molar-refractivity contribution in [3.05, 3.63) is 106 Å². The number of para-hydroxylation sites is 1. The summed E-state index contributed by atoms with van der Waals surface area (Å²) in [5.74, 6) is 0.0256. The minimum atomic E-state index is -0.510. The van der Waals surface area contributed by atoms with Crippen molar-refractivity contribution in [2.24, 2.45) is 5.10 Å². The van der Waals surface area contributed by atoms with Gasteiger partial charge in [-0.25, -0.2) is 5.43 Å². The number of aromatic hydroxyl groups is 1. The van der Waals surface area contributed by atoms with Crippen LogP contribution in [-0.4, -0.2) is 17.2 Å². The molecule has 1 amide bonds. The Bertz CT molecular complexity index is 1270. The molecule has 0 fully saturated rings. The number of hydrogen-bond donors (Lipinski definition) is 2. The first-order valence-electron chi connectivity index (χ1n) is 9.62. The molecular formula is C25H19BrN2O3. The van der Waals surface area contributed by atoms with Crippen molar-refractivity contribution in [3.63, 3.8) is 0 Å². The largest absolute Gasteiger partial charge is 0.507 e. The van der Waals surface area contributed by atoms with Crippen LogP contribution >= 0.6 is 15.9 Å². The first-order valence-corrected chi connectivity index (χ1v) is 10.4. The van der Waals surface area contributed by atoms with E-state index in [0.717, 1.165) is 21.9 Å². The van der Waals surface area contributed by atoms with Crippen LogP contribution in [0.2, 0.25) is 0 Å². The first kappa shape index (κ1) is 20.6. The molecule has 0 aliphatic carbocycles. The number of phenolic OH excluding ortho intramolecular Hbond substituents is 1. The van der Waals surface area contributed by atoms with Gasteiger partial charge < -0.3 is 9.84 Å². The van der Waals surface area contributed by atoms with Gasteiger partial charge in [0.1, 0.15) is 18.1 Å². The van der Waals surface area contributed by atoms with Crippen LogP contribution in [0.3, 0.4) is 0 Å². The average Bonchev–Trinajstić information content (AvgIpc) is 2.80. The van der Waals surface area contributed by atoms with Gasteiger partial charge in [-0.3, -0.25) is 4.79 Å². The number of rotatable bonds is 6. The molecule has 6 heteroatoms. The van der Waals surface area contributed by atoms with Gasteiger partial charge in [-0.1, -0.05) is 70.5 Å². The van der Waals surface area contributed by atoms with Crippen LogP contribution < -0.4 is 10.2 Å². The lowest BCUT2D eigenvalue weighted by atomic mass is 10.1. The Labute approximate surface area is 188 Å². The molecule has 0 aliphatic rings. The lowest BCUT2D eigenvalue weighted by Crippen LogP contribution is -2.17. The van der Waals surface area contributed by atoms with Crippen LogP contribution in [0.5, 0.6) is 11.5 Å². The molecule has 0 aromatic heterocycles. The van der Waals surface area contributed by atoms with E-state index in [0.29, 0.717) is 16.8 Å². The highest BCUT2D eigenvalue weighted by Crippen LogP contribution is 2.23. The summed E-state index contributed by atoms with van der Waals surface area (Å²) in [6, 6.07) is 26.4. The van der Waals surface area contributed by atoms with Crippen molar-refractivity contribution in [2.45, 2.75) is 6.61 Å². The molecule has 0 unspecified atom stereocenters. The Morgan fingerprint density at radius 1 is 1.00 bits per heavy atom. The molecule has 4 rings (SSSR count). The fraction of sp³-hybridized carbons (Fsp3) is 0.0400. The summed E-state index contributed by atoms with van der Waals surface area (Å²) < 4.78 is 6.74. The number of halogens is 1. The fourth-order valence-corrected chi connectivity index (χ4v) is 3.56. The molecule has 0 heterocycles. The Morgan fingerprint density at radius 3 is 2.68 bits per heavy atom. The van der Waals surface area contributed by atoms with Gasteiger partial charge in [0.2, 0.25) is 0 Å². The predicted molar refractivity (Wildman–Crippen MR) is 126 cm³/mol. The van der Waals surface area contributed by atoms with E-state index in [1.165, 1.54) is 18.3 Å². The Hall–Kier alpha value is -3.64. The smallest absolute Gasteiger partial charge is 0.275 e. The zero-order chi connectivity index (χ0) is 21.6. The second kappa shape index (κ2) is 9.45. The number of fused-ring (bicyclic) bond motifs is 1. The quantitative estimate of drug-likeness (QED) is 0.280. The van der Waals surface area contributed by atoms with Crippen LogP contribution in [0.25, 0.3) is 10.8 Å². The topological polar surface area (TPSA) is 70.9 Å². The normalized spacial score (nSPS) is 11.0. The summed E-state index contributed by atoms with van der Waals surface area (Å²) >= 11 is 3.28. The molecule has 0 saturated carbocycles. The van der Waals surface area contributed by atoms with E-state index >= 15 is 0 Å². The molecule has 4 aromatic carbocycles. The lowest BCUT2D eigenvalue weighted by molar-refractivity contribution is 0.0952. The molecule has 0 atom stereocenters. The molecule has 0 spiro atoms. The van der Waals surface area contributed by atoms with Crippen molar-refractivity contribution in [2.75, 3.05) is 0 Å². The molecule has 0 radical (unpaired) electrons. The maximum Gasteiger partial charge on any atom is 0.275 e. The predicted octanol–water partition coefficient (Wildman–Crippen LogP) is 5.65. The Balaban J connectivity index is 1.47. The van der Waals surface area contributed by atoms with Crippen molar-refractivity contribution in [3.8, 4) is 11.5 Å². The number of hydrazone groups is 1. The van der Waals surface area contributed by atoms with E-state index in [4.69, 9.17) is 4.74 Å². The van der Waals surface area contributed by atoms with Gasteiger partial charge >= 0.3 is 0 Å². The van der Waals surface area contributed by atoms with Gasteiger partial charge in [0.05, 0.1) is 11.8 Å². The summed E-state index contributed by atoms with van der Waals surface area (Å²) in [5, 5.41) is 16.2. The number of carbonyl (C=O) groups excluding carboxylic acids is 1. The number of amides is 1. The van der Waals surface area contributed by atoms with E-state index in [1.54, 1.807) is 6.07 Å². The standard InChI is InChI=1S/C25H19BrN2O3/c26-20-12-13-23(29)22(14-20)25(30)28-27-15-18-7-2-4-11-24(18)31-16-19-9-5-8-17-6-1-3-10-21(17)19/h1-15,29H,16H2,(H,28,30)/b27-15+. The maximum absolute atomic E-state index is 12.3. The number of phenols is 1. The van der Waals surface area contributed by atoms with Gasteiger partial charge in [0.15, 0.2) is 0 Å². The zero-order valence-corrected chi connectivity index (χ0v) is 18.0. The van der Waals surface area contributed by atoms with Crippen LogP contribution in [0.4, 0.5) is 0 Å².